The number of nitrogens with one attached hydrogen (secondary N) is 1. The van der Waals surface area contributed by atoms with Gasteiger partial charge in [0.1, 0.15) is 5.75 Å². The van der Waals surface area contributed by atoms with Crippen molar-refractivity contribution in [3.05, 3.63) is 40.6 Å². The van der Waals surface area contributed by atoms with Gasteiger partial charge in [-0.15, -0.1) is 0 Å². The Morgan fingerprint density at radius 1 is 1.22 bits per heavy atom. The van der Waals surface area contributed by atoms with Gasteiger partial charge in [0.25, 0.3) is 0 Å². The quantitative estimate of drug-likeness (QED) is 0.884. The number of rotatable bonds is 5. The van der Waals surface area contributed by atoms with Crippen molar-refractivity contribution in [2.45, 2.75) is 25.4 Å². The van der Waals surface area contributed by atoms with Crippen molar-refractivity contribution in [2.24, 2.45) is 0 Å². The highest BCUT2D eigenvalue weighted by Gasteiger charge is 2.21. The monoisotopic (exact) mass is 259 g/mol. The molecule has 0 atom stereocenters. The number of methoxy groups -OCH3 is 1. The largest absolute Gasteiger partial charge is 0.496 e. The van der Waals surface area contributed by atoms with Gasteiger partial charge >= 0.3 is 0 Å². The predicted molar refractivity (Wildman–Crippen MR) is 76.2 cm³/mol. The molecule has 0 spiro atoms. The van der Waals surface area contributed by atoms with E-state index in [1.54, 1.807) is 18.4 Å². The summed E-state index contributed by atoms with van der Waals surface area (Å²) in [5, 5.41) is 8.02. The number of benzene rings is 1. The molecule has 1 aromatic heterocycles. The molecule has 2 aromatic rings. The van der Waals surface area contributed by atoms with Crippen LogP contribution in [0.2, 0.25) is 0 Å². The average Bonchev–Trinajstić information content (AvgIpc) is 3.13. The highest BCUT2D eigenvalue weighted by molar-refractivity contribution is 7.08. The molecule has 0 aliphatic heterocycles. The number of hydrogen-bond donors (Lipinski definition) is 1. The summed E-state index contributed by atoms with van der Waals surface area (Å²) in [4.78, 5) is 0. The molecule has 3 rings (SSSR count). The standard InChI is InChI=1S/C15H17NOS/c1-17-15-5-3-2-4-13(15)14-10-18-9-11(14)8-16-12-6-7-12/h2-5,9-10,12,16H,6-8H2,1H3. The fraction of sp³-hybridized carbons (Fsp3) is 0.333. The smallest absolute Gasteiger partial charge is 0.126 e. The minimum absolute atomic E-state index is 0.746. The van der Waals surface area contributed by atoms with E-state index in [2.05, 4.69) is 28.2 Å². The van der Waals surface area contributed by atoms with E-state index in [0.29, 0.717) is 0 Å². The molecule has 1 aliphatic carbocycles. The van der Waals surface area contributed by atoms with Crippen LogP contribution in [0, 0.1) is 0 Å². The molecule has 0 radical (unpaired) electrons. The van der Waals surface area contributed by atoms with Crippen LogP contribution in [0.15, 0.2) is 35.0 Å². The third-order valence-electron chi connectivity index (χ3n) is 3.30. The van der Waals surface area contributed by atoms with Crippen LogP contribution in [0.5, 0.6) is 5.75 Å². The first-order valence-corrected chi connectivity index (χ1v) is 7.24. The van der Waals surface area contributed by atoms with Gasteiger partial charge < -0.3 is 10.1 Å². The van der Waals surface area contributed by atoms with Gasteiger partial charge in [-0.1, -0.05) is 18.2 Å². The van der Waals surface area contributed by atoms with E-state index in [9.17, 15) is 0 Å². The molecular weight excluding hydrogens is 242 g/mol. The van der Waals surface area contributed by atoms with Crippen molar-refractivity contribution in [2.75, 3.05) is 7.11 Å². The fourth-order valence-corrected chi connectivity index (χ4v) is 2.96. The summed E-state index contributed by atoms with van der Waals surface area (Å²) >= 11 is 1.76. The maximum absolute atomic E-state index is 5.45. The Balaban J connectivity index is 1.88. The number of thiophene rings is 1. The number of ether oxygens (including phenoxy) is 1. The normalized spacial score (nSPS) is 14.7. The van der Waals surface area contributed by atoms with Crippen LogP contribution in [-0.4, -0.2) is 13.2 Å². The summed E-state index contributed by atoms with van der Waals surface area (Å²) in [7, 11) is 1.73. The average molecular weight is 259 g/mol. The second-order valence-electron chi connectivity index (χ2n) is 4.67. The van der Waals surface area contributed by atoms with E-state index in [-0.39, 0.29) is 0 Å². The zero-order valence-electron chi connectivity index (χ0n) is 10.5. The molecule has 1 aromatic carbocycles. The summed E-state index contributed by atoms with van der Waals surface area (Å²) in [5.74, 6) is 0.948. The first-order chi connectivity index (χ1) is 8.88. The topological polar surface area (TPSA) is 21.3 Å². The molecule has 1 heterocycles. The van der Waals surface area contributed by atoms with Gasteiger partial charge in [0.05, 0.1) is 7.11 Å². The van der Waals surface area contributed by atoms with Gasteiger partial charge in [0, 0.05) is 23.7 Å². The van der Waals surface area contributed by atoms with Crippen molar-refractivity contribution in [1.29, 1.82) is 0 Å². The molecule has 1 saturated carbocycles. The lowest BCUT2D eigenvalue weighted by Crippen LogP contribution is -2.15. The van der Waals surface area contributed by atoms with Crippen molar-refractivity contribution in [3.63, 3.8) is 0 Å². The Morgan fingerprint density at radius 3 is 2.83 bits per heavy atom. The van der Waals surface area contributed by atoms with Crippen molar-refractivity contribution in [3.8, 4) is 16.9 Å². The molecule has 0 saturated heterocycles. The Labute approximate surface area is 112 Å². The van der Waals surface area contributed by atoms with Crippen LogP contribution < -0.4 is 10.1 Å². The van der Waals surface area contributed by atoms with Crippen molar-refractivity contribution >= 4 is 11.3 Å². The van der Waals surface area contributed by atoms with Gasteiger partial charge in [-0.3, -0.25) is 0 Å². The van der Waals surface area contributed by atoms with E-state index in [4.69, 9.17) is 4.74 Å². The lowest BCUT2D eigenvalue weighted by atomic mass is 10.0. The molecular formula is C15H17NOS. The summed E-state index contributed by atoms with van der Waals surface area (Å²) in [6, 6.07) is 8.97. The molecule has 0 amide bonds. The van der Waals surface area contributed by atoms with E-state index >= 15 is 0 Å². The SMILES string of the molecule is COc1ccccc1-c1cscc1CNC1CC1. The van der Waals surface area contributed by atoms with Crippen LogP contribution in [-0.2, 0) is 6.54 Å². The van der Waals surface area contributed by atoms with Gasteiger partial charge in [0.15, 0.2) is 0 Å². The molecule has 3 heteroatoms. The first kappa shape index (κ1) is 11.8. The Kier molecular flexibility index (Phi) is 3.35. The van der Waals surface area contributed by atoms with Gasteiger partial charge in [-0.25, -0.2) is 0 Å². The second-order valence-corrected chi connectivity index (χ2v) is 5.41. The number of hydrogen-bond acceptors (Lipinski definition) is 3. The lowest BCUT2D eigenvalue weighted by molar-refractivity contribution is 0.416. The third kappa shape index (κ3) is 2.42. The molecule has 0 unspecified atom stereocenters. The maximum atomic E-state index is 5.45. The third-order valence-corrected chi connectivity index (χ3v) is 4.09. The van der Waals surface area contributed by atoms with Crippen LogP contribution >= 0.6 is 11.3 Å². The molecule has 2 nitrogen and oxygen atoms in total. The van der Waals surface area contributed by atoms with E-state index in [1.165, 1.54) is 29.5 Å². The highest BCUT2D eigenvalue weighted by Crippen LogP contribution is 2.34. The summed E-state index contributed by atoms with van der Waals surface area (Å²) in [6.45, 7) is 0.960. The Hall–Kier alpha value is -1.32. The lowest BCUT2D eigenvalue weighted by Gasteiger charge is -2.09. The van der Waals surface area contributed by atoms with Crippen LogP contribution in [0.25, 0.3) is 11.1 Å². The zero-order valence-corrected chi connectivity index (χ0v) is 11.3. The van der Waals surface area contributed by atoms with Crippen LogP contribution in [0.3, 0.4) is 0 Å². The van der Waals surface area contributed by atoms with Crippen molar-refractivity contribution < 1.29 is 4.74 Å². The van der Waals surface area contributed by atoms with Crippen molar-refractivity contribution in [1.82, 2.24) is 5.32 Å². The van der Waals surface area contributed by atoms with E-state index in [1.807, 2.05) is 12.1 Å². The Bertz CT molecular complexity index is 531. The van der Waals surface area contributed by atoms with Gasteiger partial charge in [-0.05, 0) is 35.2 Å². The van der Waals surface area contributed by atoms with Gasteiger partial charge in [-0.2, -0.15) is 11.3 Å². The predicted octanol–water partition coefficient (Wildman–Crippen LogP) is 3.68. The summed E-state index contributed by atoms with van der Waals surface area (Å²) in [5.41, 5.74) is 3.86. The molecule has 94 valence electrons. The molecule has 1 fully saturated rings. The van der Waals surface area contributed by atoms with Crippen LogP contribution in [0.4, 0.5) is 0 Å². The van der Waals surface area contributed by atoms with Gasteiger partial charge in [0.2, 0.25) is 0 Å². The second kappa shape index (κ2) is 5.12. The molecule has 1 aliphatic rings. The van der Waals surface area contributed by atoms with E-state index < -0.39 is 0 Å². The minimum Gasteiger partial charge on any atom is -0.496 e. The van der Waals surface area contributed by atoms with E-state index in [0.717, 1.165) is 18.3 Å². The maximum Gasteiger partial charge on any atom is 0.126 e. The highest BCUT2D eigenvalue weighted by atomic mass is 32.1. The fourth-order valence-electron chi connectivity index (χ4n) is 2.11. The summed E-state index contributed by atoms with van der Waals surface area (Å²) in [6.07, 6.45) is 2.66. The molecule has 0 bridgehead atoms. The summed E-state index contributed by atoms with van der Waals surface area (Å²) < 4.78 is 5.45. The molecule has 18 heavy (non-hydrogen) atoms. The number of para-hydroxylation sites is 1. The minimum atomic E-state index is 0.746. The first-order valence-electron chi connectivity index (χ1n) is 6.30. The van der Waals surface area contributed by atoms with Crippen LogP contribution in [0.1, 0.15) is 18.4 Å². The molecule has 1 N–H and O–H groups in total. The zero-order chi connectivity index (χ0) is 12.4. The Morgan fingerprint density at radius 2 is 2.06 bits per heavy atom.